The van der Waals surface area contributed by atoms with Gasteiger partial charge in [-0.25, -0.2) is 4.98 Å². The molecule has 0 bridgehead atoms. The lowest BCUT2D eigenvalue weighted by Gasteiger charge is -2.33. The summed E-state index contributed by atoms with van der Waals surface area (Å²) in [5, 5.41) is 2.96. The van der Waals surface area contributed by atoms with E-state index in [4.69, 9.17) is 0 Å². The van der Waals surface area contributed by atoms with Crippen LogP contribution in [0.4, 0.5) is 5.82 Å². The van der Waals surface area contributed by atoms with Crippen molar-refractivity contribution in [2.45, 2.75) is 25.7 Å². The topological polar surface area (TPSA) is 48.5 Å². The molecule has 1 aliphatic rings. The van der Waals surface area contributed by atoms with Gasteiger partial charge in [0.15, 0.2) is 0 Å². The maximum atomic E-state index is 12.2. The zero-order valence-electron chi connectivity index (χ0n) is 17.1. The standard InChI is InChI=1S/C23H32N4O/c1-26(2)14-6-13-24-23(28)21-9-10-22(25-18-21)27-15-11-20(12-16-27)17-19-7-4-3-5-8-19/h3-5,7-10,18,20H,6,11-17H2,1-2H3,(H,24,28). The van der Waals surface area contributed by atoms with Gasteiger partial charge in [-0.15, -0.1) is 0 Å². The van der Waals surface area contributed by atoms with Crippen molar-refractivity contribution in [3.63, 3.8) is 0 Å². The monoisotopic (exact) mass is 380 g/mol. The molecule has 1 N–H and O–H groups in total. The highest BCUT2D eigenvalue weighted by atomic mass is 16.1. The van der Waals surface area contributed by atoms with Crippen molar-refractivity contribution in [1.82, 2.24) is 15.2 Å². The van der Waals surface area contributed by atoms with E-state index in [0.717, 1.165) is 44.2 Å². The smallest absolute Gasteiger partial charge is 0.252 e. The van der Waals surface area contributed by atoms with Crippen LogP contribution in [-0.2, 0) is 6.42 Å². The largest absolute Gasteiger partial charge is 0.357 e. The van der Waals surface area contributed by atoms with Gasteiger partial charge in [0.1, 0.15) is 5.82 Å². The first kappa shape index (κ1) is 20.3. The van der Waals surface area contributed by atoms with Gasteiger partial charge in [0.25, 0.3) is 5.91 Å². The first-order valence-corrected chi connectivity index (χ1v) is 10.3. The minimum Gasteiger partial charge on any atom is -0.357 e. The first-order chi connectivity index (χ1) is 13.6. The van der Waals surface area contributed by atoms with E-state index < -0.39 is 0 Å². The lowest BCUT2D eigenvalue weighted by Crippen LogP contribution is -2.35. The second-order valence-electron chi connectivity index (χ2n) is 7.94. The normalized spacial score (nSPS) is 15.0. The lowest BCUT2D eigenvalue weighted by atomic mass is 9.90. The van der Waals surface area contributed by atoms with Crippen LogP contribution in [0, 0.1) is 5.92 Å². The molecule has 0 atom stereocenters. The molecule has 0 radical (unpaired) electrons. The van der Waals surface area contributed by atoms with Gasteiger partial charge in [-0.1, -0.05) is 30.3 Å². The van der Waals surface area contributed by atoms with Gasteiger partial charge in [-0.05, 0) is 69.9 Å². The van der Waals surface area contributed by atoms with Gasteiger partial charge < -0.3 is 15.1 Å². The Morgan fingerprint density at radius 3 is 2.54 bits per heavy atom. The highest BCUT2D eigenvalue weighted by Gasteiger charge is 2.20. The molecule has 1 saturated heterocycles. The number of pyridine rings is 1. The van der Waals surface area contributed by atoms with Crippen LogP contribution >= 0.6 is 0 Å². The van der Waals surface area contributed by atoms with Crippen LogP contribution in [0.25, 0.3) is 0 Å². The maximum absolute atomic E-state index is 12.2. The molecule has 0 saturated carbocycles. The van der Waals surface area contributed by atoms with Gasteiger partial charge in [0.2, 0.25) is 0 Å². The number of nitrogens with one attached hydrogen (secondary N) is 1. The van der Waals surface area contributed by atoms with Crippen molar-refractivity contribution in [1.29, 1.82) is 0 Å². The summed E-state index contributed by atoms with van der Waals surface area (Å²) in [5.41, 5.74) is 2.06. The van der Waals surface area contributed by atoms with Crippen LogP contribution in [-0.4, -0.2) is 56.1 Å². The molecule has 28 heavy (non-hydrogen) atoms. The summed E-state index contributed by atoms with van der Waals surface area (Å²) in [5.74, 6) is 1.67. The van der Waals surface area contributed by atoms with Crippen LogP contribution < -0.4 is 10.2 Å². The van der Waals surface area contributed by atoms with Crippen LogP contribution in [0.5, 0.6) is 0 Å². The van der Waals surface area contributed by atoms with Gasteiger partial charge in [-0.3, -0.25) is 4.79 Å². The van der Waals surface area contributed by atoms with Crippen LogP contribution in [0.15, 0.2) is 48.7 Å². The number of piperidine rings is 1. The molecule has 150 valence electrons. The van der Waals surface area contributed by atoms with Crippen molar-refractivity contribution < 1.29 is 4.79 Å². The summed E-state index contributed by atoms with van der Waals surface area (Å²) in [4.78, 5) is 21.2. The number of aromatic nitrogens is 1. The molecule has 2 heterocycles. The Labute approximate surface area is 168 Å². The predicted octanol–water partition coefficient (Wildman–Crippen LogP) is 3.22. The minimum absolute atomic E-state index is 0.0422. The SMILES string of the molecule is CN(C)CCCNC(=O)c1ccc(N2CCC(Cc3ccccc3)CC2)nc1. The van der Waals surface area contributed by atoms with Crippen LogP contribution in [0.2, 0.25) is 0 Å². The first-order valence-electron chi connectivity index (χ1n) is 10.3. The van der Waals surface area contributed by atoms with Crippen LogP contribution in [0.3, 0.4) is 0 Å². The van der Waals surface area contributed by atoms with Gasteiger partial charge >= 0.3 is 0 Å². The number of rotatable bonds is 8. The Balaban J connectivity index is 1.44. The summed E-state index contributed by atoms with van der Waals surface area (Å²) in [6.07, 6.45) is 6.18. The van der Waals surface area contributed by atoms with Gasteiger partial charge in [0, 0.05) is 25.8 Å². The number of anilines is 1. The number of carbonyl (C=O) groups excluding carboxylic acids is 1. The fourth-order valence-electron chi connectivity index (χ4n) is 3.72. The van der Waals surface area contributed by atoms with E-state index in [1.807, 2.05) is 26.2 Å². The Morgan fingerprint density at radius 1 is 1.14 bits per heavy atom. The zero-order valence-corrected chi connectivity index (χ0v) is 17.1. The molecule has 5 nitrogen and oxygen atoms in total. The highest BCUT2D eigenvalue weighted by Crippen LogP contribution is 2.24. The molecule has 0 aliphatic carbocycles. The van der Waals surface area contributed by atoms with E-state index in [0.29, 0.717) is 12.1 Å². The quantitative estimate of drug-likeness (QED) is 0.715. The van der Waals surface area contributed by atoms with E-state index in [2.05, 4.69) is 50.4 Å². The maximum Gasteiger partial charge on any atom is 0.252 e. The van der Waals surface area contributed by atoms with E-state index in [-0.39, 0.29) is 5.91 Å². The fraction of sp³-hybridized carbons (Fsp3) is 0.478. The number of carbonyl (C=O) groups is 1. The minimum atomic E-state index is -0.0422. The molecule has 0 spiro atoms. The molecule has 2 aromatic rings. The Bertz CT molecular complexity index is 722. The van der Waals surface area contributed by atoms with E-state index in [9.17, 15) is 4.79 Å². The molecular weight excluding hydrogens is 348 g/mol. The molecule has 1 aromatic heterocycles. The van der Waals surface area contributed by atoms with E-state index in [1.54, 1.807) is 6.20 Å². The van der Waals surface area contributed by atoms with E-state index >= 15 is 0 Å². The summed E-state index contributed by atoms with van der Waals surface area (Å²) >= 11 is 0. The molecule has 1 amide bonds. The highest BCUT2D eigenvalue weighted by molar-refractivity contribution is 5.94. The molecule has 5 heteroatoms. The molecule has 3 rings (SSSR count). The fourth-order valence-corrected chi connectivity index (χ4v) is 3.72. The number of benzene rings is 1. The lowest BCUT2D eigenvalue weighted by molar-refractivity contribution is 0.0952. The number of hydrogen-bond acceptors (Lipinski definition) is 4. The van der Waals surface area contributed by atoms with Crippen molar-refractivity contribution in [3.8, 4) is 0 Å². The summed E-state index contributed by atoms with van der Waals surface area (Å²) in [6.45, 7) is 3.71. The summed E-state index contributed by atoms with van der Waals surface area (Å²) in [6, 6.07) is 14.6. The van der Waals surface area contributed by atoms with Crippen molar-refractivity contribution >= 4 is 11.7 Å². The molecule has 0 unspecified atom stereocenters. The average molecular weight is 381 g/mol. The van der Waals surface area contributed by atoms with Crippen molar-refractivity contribution in [2.24, 2.45) is 5.92 Å². The van der Waals surface area contributed by atoms with E-state index in [1.165, 1.54) is 18.4 Å². The molecule has 1 fully saturated rings. The summed E-state index contributed by atoms with van der Waals surface area (Å²) < 4.78 is 0. The third-order valence-corrected chi connectivity index (χ3v) is 5.38. The number of nitrogens with zero attached hydrogens (tertiary/aromatic N) is 3. The third kappa shape index (κ3) is 6.06. The Kier molecular flexibility index (Phi) is 7.43. The van der Waals surface area contributed by atoms with Gasteiger partial charge in [0.05, 0.1) is 5.56 Å². The molecule has 1 aromatic carbocycles. The van der Waals surface area contributed by atoms with Crippen molar-refractivity contribution in [3.05, 3.63) is 59.8 Å². The second kappa shape index (κ2) is 10.2. The third-order valence-electron chi connectivity index (χ3n) is 5.38. The number of hydrogen-bond donors (Lipinski definition) is 1. The Morgan fingerprint density at radius 2 is 1.89 bits per heavy atom. The second-order valence-corrected chi connectivity index (χ2v) is 7.94. The average Bonchev–Trinajstić information content (AvgIpc) is 2.72. The summed E-state index contributed by atoms with van der Waals surface area (Å²) in [7, 11) is 4.07. The van der Waals surface area contributed by atoms with Crippen molar-refractivity contribution in [2.75, 3.05) is 45.2 Å². The molecule has 1 aliphatic heterocycles. The molecular formula is C23H32N4O. The zero-order chi connectivity index (χ0) is 19.8. The number of amides is 1. The van der Waals surface area contributed by atoms with Crippen LogP contribution in [0.1, 0.15) is 35.2 Å². The Hall–Kier alpha value is -2.40. The predicted molar refractivity (Wildman–Crippen MR) is 115 cm³/mol. The van der Waals surface area contributed by atoms with Gasteiger partial charge in [-0.2, -0.15) is 0 Å².